The van der Waals surface area contributed by atoms with Gasteiger partial charge in [-0.3, -0.25) is 0 Å². The SMILES string of the molecule is OC[C@H]1O[C@H](C#Cc2ccc(C#C[C@H]3O[C@H](CO)[C@@H](O)[C@H](O)[C@@H]3O)c(Cc3ccccc3)c2)[C@@H](O)[C@@H](O)[C@@H]1O. The minimum absolute atomic E-state index is 0.481. The van der Waals surface area contributed by atoms with Crippen LogP contribution in [0.15, 0.2) is 48.5 Å². The molecule has 10 heteroatoms. The lowest BCUT2D eigenvalue weighted by Crippen LogP contribution is -2.58. The van der Waals surface area contributed by atoms with Crippen molar-refractivity contribution in [3.05, 3.63) is 70.8 Å². The van der Waals surface area contributed by atoms with E-state index in [4.69, 9.17) is 9.47 Å². The first-order chi connectivity index (χ1) is 18.7. The van der Waals surface area contributed by atoms with Crippen molar-refractivity contribution in [3.63, 3.8) is 0 Å². The Kier molecular flexibility index (Phi) is 9.72. The van der Waals surface area contributed by atoms with Crippen molar-refractivity contribution in [2.45, 2.75) is 67.5 Å². The maximum absolute atomic E-state index is 10.3. The normalized spacial score (nSPS) is 34.4. The zero-order valence-corrected chi connectivity index (χ0v) is 20.9. The van der Waals surface area contributed by atoms with E-state index in [0.29, 0.717) is 17.5 Å². The number of benzene rings is 2. The highest BCUT2D eigenvalue weighted by molar-refractivity contribution is 5.50. The molecule has 0 unspecified atom stereocenters. The number of ether oxygens (including phenoxy) is 2. The van der Waals surface area contributed by atoms with Gasteiger partial charge in [-0.15, -0.1) is 0 Å². The predicted molar refractivity (Wildman–Crippen MR) is 137 cm³/mol. The summed E-state index contributed by atoms with van der Waals surface area (Å²) >= 11 is 0. The zero-order valence-electron chi connectivity index (χ0n) is 20.9. The monoisotopic (exact) mass is 540 g/mol. The molecule has 10 nitrogen and oxygen atoms in total. The average molecular weight is 541 g/mol. The first kappa shape index (κ1) is 29.2. The van der Waals surface area contributed by atoms with Crippen molar-refractivity contribution in [3.8, 4) is 23.7 Å². The Bertz CT molecular complexity index is 1230. The van der Waals surface area contributed by atoms with Crippen molar-refractivity contribution in [1.82, 2.24) is 0 Å². The molecule has 2 aromatic rings. The number of hydrogen-bond donors (Lipinski definition) is 8. The van der Waals surface area contributed by atoms with Crippen molar-refractivity contribution in [1.29, 1.82) is 0 Å². The summed E-state index contributed by atoms with van der Waals surface area (Å²) in [6.45, 7) is -1.10. The quantitative estimate of drug-likeness (QED) is 0.196. The number of hydrogen-bond acceptors (Lipinski definition) is 10. The first-order valence-electron chi connectivity index (χ1n) is 12.5. The summed E-state index contributed by atoms with van der Waals surface area (Å²) in [6, 6.07) is 14.8. The minimum atomic E-state index is -1.53. The Hall–Kier alpha value is -2.84. The summed E-state index contributed by atoms with van der Waals surface area (Å²) in [6.07, 6.45) is -12.9. The molecular weight excluding hydrogens is 508 g/mol. The van der Waals surface area contributed by atoms with E-state index in [1.165, 1.54) is 0 Å². The maximum atomic E-state index is 10.3. The van der Waals surface area contributed by atoms with Gasteiger partial charge in [-0.2, -0.15) is 0 Å². The molecule has 0 bridgehead atoms. The zero-order chi connectivity index (χ0) is 28.1. The minimum Gasteiger partial charge on any atom is -0.394 e. The predicted octanol–water partition coefficient (Wildman–Crippen LogP) is -2.33. The van der Waals surface area contributed by atoms with Crippen LogP contribution in [-0.4, -0.2) is 115 Å². The highest BCUT2D eigenvalue weighted by atomic mass is 16.5. The van der Waals surface area contributed by atoms with E-state index < -0.39 is 74.3 Å². The second-order valence-electron chi connectivity index (χ2n) is 9.57. The van der Waals surface area contributed by atoms with Gasteiger partial charge in [0.1, 0.15) is 61.0 Å². The molecule has 2 aromatic carbocycles. The lowest BCUT2D eigenvalue weighted by molar-refractivity contribution is -0.214. The fourth-order valence-corrected chi connectivity index (χ4v) is 4.50. The topological polar surface area (TPSA) is 180 Å². The molecule has 0 saturated carbocycles. The highest BCUT2D eigenvalue weighted by Gasteiger charge is 2.43. The Morgan fingerprint density at radius 2 is 1.15 bits per heavy atom. The van der Waals surface area contributed by atoms with Gasteiger partial charge < -0.3 is 50.3 Å². The van der Waals surface area contributed by atoms with Gasteiger partial charge in [0.2, 0.25) is 0 Å². The van der Waals surface area contributed by atoms with Gasteiger partial charge in [-0.1, -0.05) is 54.0 Å². The van der Waals surface area contributed by atoms with Crippen molar-refractivity contribution < 1.29 is 50.3 Å². The lowest BCUT2D eigenvalue weighted by atomic mass is 9.94. The summed E-state index contributed by atoms with van der Waals surface area (Å²) in [5.41, 5.74) is 2.91. The third-order valence-corrected chi connectivity index (χ3v) is 6.84. The Morgan fingerprint density at radius 3 is 1.69 bits per heavy atom. The van der Waals surface area contributed by atoms with Crippen LogP contribution in [0.4, 0.5) is 0 Å². The van der Waals surface area contributed by atoms with E-state index in [9.17, 15) is 40.9 Å². The average Bonchev–Trinajstić information content (AvgIpc) is 2.95. The van der Waals surface area contributed by atoms with Gasteiger partial charge in [0, 0.05) is 11.1 Å². The van der Waals surface area contributed by atoms with E-state index in [0.717, 1.165) is 11.1 Å². The van der Waals surface area contributed by atoms with Gasteiger partial charge >= 0.3 is 0 Å². The third kappa shape index (κ3) is 6.67. The molecule has 2 heterocycles. The largest absolute Gasteiger partial charge is 0.394 e. The second-order valence-corrected chi connectivity index (χ2v) is 9.57. The van der Waals surface area contributed by atoms with Crippen LogP contribution >= 0.6 is 0 Å². The van der Waals surface area contributed by atoms with Gasteiger partial charge in [-0.05, 0) is 35.7 Å². The summed E-state index contributed by atoms with van der Waals surface area (Å²) in [4.78, 5) is 0. The van der Waals surface area contributed by atoms with Crippen LogP contribution in [0.2, 0.25) is 0 Å². The van der Waals surface area contributed by atoms with Crippen LogP contribution < -0.4 is 0 Å². The van der Waals surface area contributed by atoms with Crippen LogP contribution in [0, 0.1) is 23.7 Å². The highest BCUT2D eigenvalue weighted by Crippen LogP contribution is 2.23. The van der Waals surface area contributed by atoms with E-state index in [1.807, 2.05) is 30.3 Å². The Morgan fingerprint density at radius 1 is 0.615 bits per heavy atom. The maximum Gasteiger partial charge on any atom is 0.147 e. The van der Waals surface area contributed by atoms with Gasteiger partial charge in [0.15, 0.2) is 0 Å². The molecule has 0 aliphatic carbocycles. The van der Waals surface area contributed by atoms with Crippen molar-refractivity contribution >= 4 is 0 Å². The fourth-order valence-electron chi connectivity index (χ4n) is 4.50. The molecule has 0 spiro atoms. The molecule has 4 rings (SSSR count). The molecule has 2 saturated heterocycles. The lowest BCUT2D eigenvalue weighted by Gasteiger charge is -2.37. The van der Waals surface area contributed by atoms with E-state index in [1.54, 1.807) is 18.2 Å². The summed E-state index contributed by atoms with van der Waals surface area (Å²) in [5, 5.41) is 79.4. The number of aliphatic hydroxyl groups excluding tert-OH is 8. The molecule has 2 aliphatic heterocycles. The number of aliphatic hydroxyl groups is 8. The van der Waals surface area contributed by atoms with Gasteiger partial charge in [-0.25, -0.2) is 0 Å². The standard InChI is InChI=1S/C29H32O10/c30-14-22-26(34)28(36)24(32)20(38-22)10-7-17-6-8-18(19(13-17)12-16-4-2-1-3-5-16)9-11-21-25(33)29(37)27(35)23(15-31)39-21/h1-6,8,13,20-37H,12,14-15H2/t20-,21-,22-,23-,24-,25-,26-,27-,28-,29-/m1/s1. The van der Waals surface area contributed by atoms with Gasteiger partial charge in [0.05, 0.1) is 13.2 Å². The molecule has 2 aliphatic rings. The van der Waals surface area contributed by atoms with Crippen LogP contribution in [0.3, 0.4) is 0 Å². The third-order valence-electron chi connectivity index (χ3n) is 6.84. The fraction of sp³-hybridized carbons (Fsp3) is 0.448. The molecular formula is C29H32O10. The van der Waals surface area contributed by atoms with Crippen LogP contribution in [0.25, 0.3) is 0 Å². The second kappa shape index (κ2) is 13.0. The van der Waals surface area contributed by atoms with Crippen LogP contribution in [-0.2, 0) is 15.9 Å². The van der Waals surface area contributed by atoms with E-state index in [-0.39, 0.29) is 0 Å². The molecule has 0 amide bonds. The van der Waals surface area contributed by atoms with E-state index in [2.05, 4.69) is 23.7 Å². The molecule has 39 heavy (non-hydrogen) atoms. The Labute approximate surface area is 225 Å². The molecule has 208 valence electrons. The first-order valence-corrected chi connectivity index (χ1v) is 12.5. The smallest absolute Gasteiger partial charge is 0.147 e. The summed E-state index contributed by atoms with van der Waals surface area (Å²) in [5.74, 6) is 11.4. The van der Waals surface area contributed by atoms with Crippen LogP contribution in [0.1, 0.15) is 22.3 Å². The van der Waals surface area contributed by atoms with Crippen molar-refractivity contribution in [2.24, 2.45) is 0 Å². The van der Waals surface area contributed by atoms with Crippen molar-refractivity contribution in [2.75, 3.05) is 13.2 Å². The summed E-state index contributed by atoms with van der Waals surface area (Å²) < 4.78 is 10.9. The molecule has 0 aromatic heterocycles. The van der Waals surface area contributed by atoms with Crippen LogP contribution in [0.5, 0.6) is 0 Å². The summed E-state index contributed by atoms with van der Waals surface area (Å²) in [7, 11) is 0. The molecule has 8 N–H and O–H groups in total. The van der Waals surface area contributed by atoms with E-state index >= 15 is 0 Å². The number of rotatable bonds is 4. The Balaban J connectivity index is 1.62. The van der Waals surface area contributed by atoms with Gasteiger partial charge in [0.25, 0.3) is 0 Å². The molecule has 10 atom stereocenters. The molecule has 2 fully saturated rings. The molecule has 0 radical (unpaired) electrons.